The largest absolute Gasteiger partial charge is 0.462 e. The van der Waals surface area contributed by atoms with Gasteiger partial charge < -0.3 is 14.2 Å². The summed E-state index contributed by atoms with van der Waals surface area (Å²) in [6, 6.07) is 0. The molecule has 1 atom stereocenters. The number of unbranched alkanes of at least 4 members (excludes halogenated alkanes) is 36. The van der Waals surface area contributed by atoms with E-state index in [0.29, 0.717) is 19.3 Å². The minimum Gasteiger partial charge on any atom is -0.462 e. The van der Waals surface area contributed by atoms with E-state index in [1.54, 1.807) is 0 Å². The van der Waals surface area contributed by atoms with Crippen molar-refractivity contribution in [3.05, 3.63) is 36.5 Å². The molecule has 0 bridgehead atoms. The van der Waals surface area contributed by atoms with Gasteiger partial charge in [-0.3, -0.25) is 14.4 Å². The van der Waals surface area contributed by atoms with Crippen LogP contribution in [0, 0.1) is 0 Å². The Morgan fingerprint density at radius 3 is 0.924 bits per heavy atom. The van der Waals surface area contributed by atoms with Gasteiger partial charge in [0.25, 0.3) is 0 Å². The van der Waals surface area contributed by atoms with Crippen LogP contribution in [-0.4, -0.2) is 37.2 Å². The molecule has 0 spiro atoms. The SMILES string of the molecule is CC/C=C\C/C=C\CCCCCCCCCC(=O)OCC(COC(=O)CCCCCCCCC/C=C\CCCCCCCC)OC(=O)CCCCCCCCCCCCCCCCCCC. The topological polar surface area (TPSA) is 78.9 Å². The molecule has 6 heteroatoms. The van der Waals surface area contributed by atoms with Crippen molar-refractivity contribution >= 4 is 17.9 Å². The van der Waals surface area contributed by atoms with Crippen molar-refractivity contribution < 1.29 is 28.6 Å². The highest BCUT2D eigenvalue weighted by Crippen LogP contribution is 2.17. The van der Waals surface area contributed by atoms with Crippen molar-refractivity contribution in [2.75, 3.05) is 13.2 Å². The van der Waals surface area contributed by atoms with E-state index in [1.807, 2.05) is 0 Å². The Morgan fingerprint density at radius 1 is 0.318 bits per heavy atom. The summed E-state index contributed by atoms with van der Waals surface area (Å²) in [6.45, 7) is 6.56. The molecule has 0 aliphatic rings. The molecule has 0 radical (unpaired) electrons. The summed E-state index contributed by atoms with van der Waals surface area (Å²) < 4.78 is 16.9. The van der Waals surface area contributed by atoms with Crippen LogP contribution in [0.4, 0.5) is 0 Å². The fourth-order valence-corrected chi connectivity index (χ4v) is 8.54. The Labute approximate surface area is 410 Å². The van der Waals surface area contributed by atoms with Gasteiger partial charge in [0, 0.05) is 19.3 Å². The first-order valence-electron chi connectivity index (χ1n) is 29.0. The highest BCUT2D eigenvalue weighted by molar-refractivity contribution is 5.71. The van der Waals surface area contributed by atoms with Crippen LogP contribution in [0.25, 0.3) is 0 Å². The molecule has 6 nitrogen and oxygen atoms in total. The number of esters is 3. The number of carbonyl (C=O) groups is 3. The highest BCUT2D eigenvalue weighted by atomic mass is 16.6. The second-order valence-electron chi connectivity index (χ2n) is 19.5. The normalized spacial score (nSPS) is 12.2. The molecule has 0 aromatic carbocycles. The summed E-state index contributed by atoms with van der Waals surface area (Å²) in [7, 11) is 0. The molecule has 0 aliphatic carbocycles. The summed E-state index contributed by atoms with van der Waals surface area (Å²) in [6.07, 6.45) is 65.6. The van der Waals surface area contributed by atoms with Gasteiger partial charge in [0.15, 0.2) is 6.10 Å². The fraction of sp³-hybridized carbons (Fsp3) is 0.850. The molecular formula is C60H110O6. The van der Waals surface area contributed by atoms with Gasteiger partial charge >= 0.3 is 17.9 Å². The molecule has 0 saturated heterocycles. The molecular weight excluding hydrogens is 817 g/mol. The average molecular weight is 928 g/mol. The van der Waals surface area contributed by atoms with Gasteiger partial charge in [-0.25, -0.2) is 0 Å². The summed E-state index contributed by atoms with van der Waals surface area (Å²) in [5.74, 6) is -0.868. The number of hydrogen-bond donors (Lipinski definition) is 0. The van der Waals surface area contributed by atoms with E-state index in [1.165, 1.54) is 193 Å². The Morgan fingerprint density at radius 2 is 0.591 bits per heavy atom. The lowest BCUT2D eigenvalue weighted by atomic mass is 10.0. The molecule has 0 aromatic heterocycles. The van der Waals surface area contributed by atoms with Gasteiger partial charge in [-0.1, -0.05) is 256 Å². The van der Waals surface area contributed by atoms with Crippen LogP contribution in [0.3, 0.4) is 0 Å². The van der Waals surface area contributed by atoms with Crippen LogP contribution in [0.1, 0.15) is 310 Å². The zero-order chi connectivity index (χ0) is 47.9. The lowest BCUT2D eigenvalue weighted by Crippen LogP contribution is -2.30. The highest BCUT2D eigenvalue weighted by Gasteiger charge is 2.19. The molecule has 0 N–H and O–H groups in total. The molecule has 0 aliphatic heterocycles. The third-order valence-electron chi connectivity index (χ3n) is 12.9. The zero-order valence-corrected chi connectivity index (χ0v) is 44.2. The van der Waals surface area contributed by atoms with Gasteiger partial charge in [-0.2, -0.15) is 0 Å². The van der Waals surface area contributed by atoms with Gasteiger partial charge in [-0.05, 0) is 70.6 Å². The predicted octanol–water partition coefficient (Wildman–Crippen LogP) is 19.3. The molecule has 0 fully saturated rings. The maximum atomic E-state index is 12.9. The first-order chi connectivity index (χ1) is 32.5. The summed E-state index contributed by atoms with van der Waals surface area (Å²) in [5.41, 5.74) is 0. The van der Waals surface area contributed by atoms with Crippen molar-refractivity contribution in [1.29, 1.82) is 0 Å². The Balaban J connectivity index is 4.34. The average Bonchev–Trinajstić information content (AvgIpc) is 3.31. The number of carbonyl (C=O) groups excluding carboxylic acids is 3. The first-order valence-corrected chi connectivity index (χ1v) is 29.0. The predicted molar refractivity (Wildman–Crippen MR) is 284 cm³/mol. The van der Waals surface area contributed by atoms with Gasteiger partial charge in [0.1, 0.15) is 13.2 Å². The van der Waals surface area contributed by atoms with E-state index in [4.69, 9.17) is 14.2 Å². The summed E-state index contributed by atoms with van der Waals surface area (Å²) in [4.78, 5) is 38.1. The summed E-state index contributed by atoms with van der Waals surface area (Å²) >= 11 is 0. The van der Waals surface area contributed by atoms with Crippen LogP contribution in [0.5, 0.6) is 0 Å². The quantitative estimate of drug-likeness (QED) is 0.0262. The van der Waals surface area contributed by atoms with Crippen LogP contribution >= 0.6 is 0 Å². The van der Waals surface area contributed by atoms with Crippen molar-refractivity contribution in [2.45, 2.75) is 316 Å². The molecule has 0 amide bonds. The first kappa shape index (κ1) is 63.6. The fourth-order valence-electron chi connectivity index (χ4n) is 8.54. The Hall–Kier alpha value is -2.37. The van der Waals surface area contributed by atoms with Gasteiger partial charge in [0.2, 0.25) is 0 Å². The summed E-state index contributed by atoms with van der Waals surface area (Å²) in [5, 5.41) is 0. The van der Waals surface area contributed by atoms with Crippen LogP contribution < -0.4 is 0 Å². The van der Waals surface area contributed by atoms with Crippen LogP contribution in [0.2, 0.25) is 0 Å². The van der Waals surface area contributed by atoms with Crippen molar-refractivity contribution in [3.63, 3.8) is 0 Å². The van der Waals surface area contributed by atoms with Crippen molar-refractivity contribution in [3.8, 4) is 0 Å². The van der Waals surface area contributed by atoms with E-state index < -0.39 is 6.10 Å². The third-order valence-corrected chi connectivity index (χ3v) is 12.9. The monoisotopic (exact) mass is 927 g/mol. The molecule has 1 unspecified atom stereocenters. The van der Waals surface area contributed by atoms with E-state index in [9.17, 15) is 14.4 Å². The Bertz CT molecular complexity index is 1110. The molecule has 0 rings (SSSR count). The molecule has 0 heterocycles. The van der Waals surface area contributed by atoms with Gasteiger partial charge in [0.05, 0.1) is 0 Å². The van der Waals surface area contributed by atoms with Crippen molar-refractivity contribution in [1.82, 2.24) is 0 Å². The van der Waals surface area contributed by atoms with E-state index in [2.05, 4.69) is 57.2 Å². The maximum absolute atomic E-state index is 12.9. The van der Waals surface area contributed by atoms with Crippen LogP contribution in [-0.2, 0) is 28.6 Å². The minimum absolute atomic E-state index is 0.0734. The Kier molecular flexibility index (Phi) is 53.2. The number of allylic oxidation sites excluding steroid dienone is 6. The van der Waals surface area contributed by atoms with Crippen molar-refractivity contribution in [2.24, 2.45) is 0 Å². The third kappa shape index (κ3) is 52.6. The second-order valence-corrected chi connectivity index (χ2v) is 19.5. The lowest BCUT2D eigenvalue weighted by molar-refractivity contribution is -0.167. The maximum Gasteiger partial charge on any atom is 0.306 e. The lowest BCUT2D eigenvalue weighted by Gasteiger charge is -2.18. The smallest absolute Gasteiger partial charge is 0.306 e. The standard InChI is InChI=1S/C60H110O6/c1-4-7-10-13-16-19-22-25-28-30-32-35-38-41-44-47-50-53-59(62)65-56-57(55-64-58(61)52-49-46-43-40-37-34-27-24-21-18-15-12-9-6-3)66-60(63)54-51-48-45-42-39-36-33-31-29-26-23-20-17-14-11-8-5-2/h9,12,18,21,25,28,57H,4-8,10-11,13-17,19-20,22-24,26-27,29-56H2,1-3H3/b12-9-,21-18-,28-25-. The molecule has 66 heavy (non-hydrogen) atoms. The molecule has 0 aromatic rings. The second kappa shape index (κ2) is 55.2. The molecule has 0 saturated carbocycles. The molecule has 386 valence electrons. The number of ether oxygens (including phenoxy) is 3. The van der Waals surface area contributed by atoms with Gasteiger partial charge in [-0.15, -0.1) is 0 Å². The number of rotatable bonds is 53. The van der Waals surface area contributed by atoms with E-state index >= 15 is 0 Å². The zero-order valence-electron chi connectivity index (χ0n) is 44.2. The number of hydrogen-bond acceptors (Lipinski definition) is 6. The van der Waals surface area contributed by atoms with Crippen LogP contribution in [0.15, 0.2) is 36.5 Å². The van der Waals surface area contributed by atoms with E-state index in [0.717, 1.165) is 77.0 Å². The van der Waals surface area contributed by atoms with E-state index in [-0.39, 0.29) is 31.1 Å². The minimum atomic E-state index is -0.774.